The summed E-state index contributed by atoms with van der Waals surface area (Å²) in [6.07, 6.45) is -1.79. The Morgan fingerprint density at radius 1 is 1.53 bits per heavy atom. The van der Waals surface area contributed by atoms with Crippen molar-refractivity contribution in [1.82, 2.24) is 0 Å². The van der Waals surface area contributed by atoms with Gasteiger partial charge in [-0.3, -0.25) is 10.1 Å². The van der Waals surface area contributed by atoms with Gasteiger partial charge in [0.2, 0.25) is 6.36 Å². The standard InChI is InChI=1S/C9H8FNO4/c1-6(10)15-9(12)7-4-2-3-5-8(7)11(13)14/h2-6H,1H3. The number of hydrogen-bond acceptors (Lipinski definition) is 4. The van der Waals surface area contributed by atoms with Crippen molar-refractivity contribution in [1.29, 1.82) is 0 Å². The van der Waals surface area contributed by atoms with E-state index in [4.69, 9.17) is 0 Å². The van der Waals surface area contributed by atoms with Crippen LogP contribution < -0.4 is 0 Å². The van der Waals surface area contributed by atoms with Crippen LogP contribution in [0.5, 0.6) is 0 Å². The lowest BCUT2D eigenvalue weighted by Crippen LogP contribution is -2.12. The number of esters is 1. The number of benzene rings is 1. The van der Waals surface area contributed by atoms with Gasteiger partial charge in [0, 0.05) is 13.0 Å². The van der Waals surface area contributed by atoms with Crippen LogP contribution >= 0.6 is 0 Å². The lowest BCUT2D eigenvalue weighted by atomic mass is 10.2. The first-order valence-electron chi connectivity index (χ1n) is 4.11. The zero-order valence-electron chi connectivity index (χ0n) is 7.84. The molecule has 0 spiro atoms. The second-order valence-electron chi connectivity index (χ2n) is 2.72. The van der Waals surface area contributed by atoms with Gasteiger partial charge in [-0.25, -0.2) is 9.18 Å². The first-order chi connectivity index (χ1) is 7.02. The van der Waals surface area contributed by atoms with E-state index in [1.54, 1.807) is 0 Å². The summed E-state index contributed by atoms with van der Waals surface area (Å²) in [6.45, 7) is 1.02. The maximum absolute atomic E-state index is 12.4. The van der Waals surface area contributed by atoms with Crippen molar-refractivity contribution >= 4 is 11.7 Å². The zero-order valence-corrected chi connectivity index (χ0v) is 7.84. The third-order valence-corrected chi connectivity index (χ3v) is 1.59. The van der Waals surface area contributed by atoms with Crippen molar-refractivity contribution in [2.45, 2.75) is 13.3 Å². The Labute approximate surface area is 84.6 Å². The fourth-order valence-corrected chi connectivity index (χ4v) is 1.02. The van der Waals surface area contributed by atoms with Crippen molar-refractivity contribution in [2.75, 3.05) is 0 Å². The van der Waals surface area contributed by atoms with Crippen LogP contribution in [0.2, 0.25) is 0 Å². The molecule has 0 fully saturated rings. The van der Waals surface area contributed by atoms with E-state index in [0.717, 1.165) is 13.0 Å². The molecule has 0 heterocycles. The SMILES string of the molecule is CC(F)OC(=O)c1ccccc1[N+](=O)[O-]. The van der Waals surface area contributed by atoms with Crippen LogP contribution in [-0.2, 0) is 4.74 Å². The van der Waals surface area contributed by atoms with Crippen LogP contribution in [0.25, 0.3) is 0 Å². The highest BCUT2D eigenvalue weighted by Crippen LogP contribution is 2.19. The largest absolute Gasteiger partial charge is 0.428 e. The summed E-state index contributed by atoms with van der Waals surface area (Å²) in [5.41, 5.74) is -0.657. The van der Waals surface area contributed by atoms with Crippen molar-refractivity contribution in [3.8, 4) is 0 Å². The molecular formula is C9H8FNO4. The molecule has 0 aliphatic carbocycles. The summed E-state index contributed by atoms with van der Waals surface area (Å²) in [5.74, 6) is -1.04. The van der Waals surface area contributed by atoms with E-state index < -0.39 is 22.9 Å². The lowest BCUT2D eigenvalue weighted by Gasteiger charge is -2.04. The molecule has 0 bridgehead atoms. The fourth-order valence-electron chi connectivity index (χ4n) is 1.02. The summed E-state index contributed by atoms with van der Waals surface area (Å²) in [5, 5.41) is 10.5. The minimum Gasteiger partial charge on any atom is -0.428 e. The Hall–Kier alpha value is -1.98. The van der Waals surface area contributed by atoms with E-state index in [1.807, 2.05) is 0 Å². The lowest BCUT2D eigenvalue weighted by molar-refractivity contribution is -0.385. The first-order valence-corrected chi connectivity index (χ1v) is 4.11. The van der Waals surface area contributed by atoms with Gasteiger partial charge in [-0.2, -0.15) is 0 Å². The number of ether oxygens (including phenoxy) is 1. The molecule has 1 atom stereocenters. The van der Waals surface area contributed by atoms with Crippen molar-refractivity contribution < 1.29 is 18.8 Å². The average Bonchev–Trinajstić information content (AvgIpc) is 2.16. The molecule has 1 unspecified atom stereocenters. The molecule has 1 aromatic rings. The van der Waals surface area contributed by atoms with Gasteiger partial charge >= 0.3 is 5.97 Å². The normalized spacial score (nSPS) is 11.9. The van der Waals surface area contributed by atoms with E-state index in [1.165, 1.54) is 18.2 Å². The minimum absolute atomic E-state index is 0.257. The maximum atomic E-state index is 12.4. The summed E-state index contributed by atoms with van der Waals surface area (Å²) in [6, 6.07) is 5.21. The average molecular weight is 213 g/mol. The van der Waals surface area contributed by atoms with Crippen LogP contribution in [0.3, 0.4) is 0 Å². The number of para-hydroxylation sites is 1. The third kappa shape index (κ3) is 2.73. The zero-order chi connectivity index (χ0) is 11.4. The number of rotatable bonds is 3. The molecule has 0 saturated heterocycles. The third-order valence-electron chi connectivity index (χ3n) is 1.59. The molecule has 0 aliphatic heterocycles. The Bertz CT molecular complexity index is 391. The van der Waals surface area contributed by atoms with Gasteiger partial charge in [0.1, 0.15) is 5.56 Å². The Balaban J connectivity index is 3.03. The minimum atomic E-state index is -1.79. The Kier molecular flexibility index (Phi) is 3.33. The van der Waals surface area contributed by atoms with E-state index in [-0.39, 0.29) is 5.56 Å². The molecule has 0 saturated carbocycles. The number of nitrogens with zero attached hydrogens (tertiary/aromatic N) is 1. The molecule has 15 heavy (non-hydrogen) atoms. The fraction of sp³-hybridized carbons (Fsp3) is 0.222. The molecule has 0 aromatic heterocycles. The molecule has 6 heteroatoms. The second-order valence-corrected chi connectivity index (χ2v) is 2.72. The number of nitro groups is 1. The van der Waals surface area contributed by atoms with Gasteiger partial charge in [0.15, 0.2) is 0 Å². The number of nitro benzene ring substituents is 1. The molecule has 1 aromatic carbocycles. The molecule has 5 nitrogen and oxygen atoms in total. The molecule has 80 valence electrons. The van der Waals surface area contributed by atoms with E-state index in [9.17, 15) is 19.3 Å². The van der Waals surface area contributed by atoms with Crippen LogP contribution in [0.1, 0.15) is 17.3 Å². The van der Waals surface area contributed by atoms with Gasteiger partial charge in [-0.15, -0.1) is 0 Å². The highest BCUT2D eigenvalue weighted by molar-refractivity contribution is 5.93. The second kappa shape index (κ2) is 4.50. The Morgan fingerprint density at radius 3 is 2.67 bits per heavy atom. The number of halogens is 1. The van der Waals surface area contributed by atoms with Crippen LogP contribution in [0, 0.1) is 10.1 Å². The van der Waals surface area contributed by atoms with E-state index in [2.05, 4.69) is 4.74 Å². The smallest absolute Gasteiger partial charge is 0.347 e. The molecular weight excluding hydrogens is 205 g/mol. The highest BCUT2D eigenvalue weighted by atomic mass is 19.1. The maximum Gasteiger partial charge on any atom is 0.347 e. The van der Waals surface area contributed by atoms with Gasteiger partial charge in [0.25, 0.3) is 5.69 Å². The van der Waals surface area contributed by atoms with Gasteiger partial charge < -0.3 is 4.74 Å². The van der Waals surface area contributed by atoms with Gasteiger partial charge in [0.05, 0.1) is 4.92 Å². The summed E-state index contributed by atoms with van der Waals surface area (Å²) in [7, 11) is 0. The summed E-state index contributed by atoms with van der Waals surface area (Å²) in [4.78, 5) is 21.0. The quantitative estimate of drug-likeness (QED) is 0.437. The predicted octanol–water partition coefficient (Wildman–Crippen LogP) is 2.07. The number of hydrogen-bond donors (Lipinski definition) is 0. The molecule has 0 radical (unpaired) electrons. The summed E-state index contributed by atoms with van der Waals surface area (Å²) < 4.78 is 16.6. The van der Waals surface area contributed by atoms with Crippen LogP contribution in [-0.4, -0.2) is 17.3 Å². The van der Waals surface area contributed by atoms with E-state index in [0.29, 0.717) is 0 Å². The summed E-state index contributed by atoms with van der Waals surface area (Å²) >= 11 is 0. The number of carbonyl (C=O) groups is 1. The first kappa shape index (κ1) is 11.1. The van der Waals surface area contributed by atoms with Crippen LogP contribution in [0.15, 0.2) is 24.3 Å². The van der Waals surface area contributed by atoms with Crippen molar-refractivity contribution in [3.05, 3.63) is 39.9 Å². The predicted molar refractivity (Wildman–Crippen MR) is 49.1 cm³/mol. The molecule has 0 amide bonds. The van der Waals surface area contributed by atoms with E-state index >= 15 is 0 Å². The monoisotopic (exact) mass is 213 g/mol. The molecule has 1 rings (SSSR count). The highest BCUT2D eigenvalue weighted by Gasteiger charge is 2.21. The number of carbonyl (C=O) groups excluding carboxylic acids is 1. The van der Waals surface area contributed by atoms with Gasteiger partial charge in [-0.1, -0.05) is 12.1 Å². The Morgan fingerprint density at radius 2 is 2.13 bits per heavy atom. The van der Waals surface area contributed by atoms with Gasteiger partial charge in [-0.05, 0) is 6.07 Å². The molecule has 0 aliphatic rings. The van der Waals surface area contributed by atoms with Crippen LogP contribution in [0.4, 0.5) is 10.1 Å². The van der Waals surface area contributed by atoms with Crippen molar-refractivity contribution in [2.24, 2.45) is 0 Å². The number of alkyl halides is 1. The topological polar surface area (TPSA) is 69.4 Å². The van der Waals surface area contributed by atoms with Crippen molar-refractivity contribution in [3.63, 3.8) is 0 Å². The molecule has 0 N–H and O–H groups in total.